The summed E-state index contributed by atoms with van der Waals surface area (Å²) in [5.41, 5.74) is 2.60. The molecule has 0 aliphatic rings. The Balaban J connectivity index is 0.000000409. The highest BCUT2D eigenvalue weighted by Gasteiger charge is 2.12. The first-order valence-electron chi connectivity index (χ1n) is 8.11. The second-order valence-corrected chi connectivity index (χ2v) is 6.85. The molecule has 9 nitrogen and oxygen atoms in total. The van der Waals surface area contributed by atoms with Crippen molar-refractivity contribution in [3.05, 3.63) is 46.3 Å². The minimum atomic E-state index is -1.82. The Morgan fingerprint density at radius 2 is 1.89 bits per heavy atom. The summed E-state index contributed by atoms with van der Waals surface area (Å²) in [6.45, 7) is 0.919. The summed E-state index contributed by atoms with van der Waals surface area (Å²) in [5, 5.41) is 19.5. The molecule has 0 spiro atoms. The van der Waals surface area contributed by atoms with Gasteiger partial charge in [-0.1, -0.05) is 6.07 Å². The van der Waals surface area contributed by atoms with E-state index in [2.05, 4.69) is 15.2 Å². The van der Waals surface area contributed by atoms with Crippen LogP contribution in [0.3, 0.4) is 0 Å². The summed E-state index contributed by atoms with van der Waals surface area (Å²) < 4.78 is 5.52. The first kappa shape index (κ1) is 21.1. The topological polar surface area (TPSA) is 133 Å². The average molecular weight is 405 g/mol. The van der Waals surface area contributed by atoms with Crippen molar-refractivity contribution in [3.63, 3.8) is 0 Å². The average Bonchev–Trinajstić information content (AvgIpc) is 3.30. The number of rotatable bonds is 5. The molecule has 3 N–H and O–H groups in total. The van der Waals surface area contributed by atoms with Crippen molar-refractivity contribution in [2.45, 2.75) is 6.42 Å². The second-order valence-electron chi connectivity index (χ2n) is 5.90. The number of thiophene rings is 1. The van der Waals surface area contributed by atoms with Gasteiger partial charge >= 0.3 is 11.9 Å². The molecule has 148 valence electrons. The maximum Gasteiger partial charge on any atom is 0.414 e. The molecule has 3 aromatic heterocycles. The van der Waals surface area contributed by atoms with Crippen molar-refractivity contribution in [2.75, 3.05) is 26.0 Å². The van der Waals surface area contributed by atoms with E-state index in [0.717, 1.165) is 29.6 Å². The number of pyridine rings is 1. The Hall–Kier alpha value is -3.24. The summed E-state index contributed by atoms with van der Waals surface area (Å²) in [7, 11) is 4.06. The number of carbonyl (C=O) groups is 3. The van der Waals surface area contributed by atoms with E-state index in [1.165, 1.54) is 11.3 Å². The molecule has 0 aliphatic carbocycles. The number of aliphatic carboxylic acids is 2. The Labute approximate surface area is 164 Å². The second kappa shape index (κ2) is 9.62. The maximum absolute atomic E-state index is 12.1. The number of anilines is 1. The number of carbonyl (C=O) groups excluding carboxylic acids is 1. The molecule has 3 rings (SSSR count). The fourth-order valence-corrected chi connectivity index (χ4v) is 2.76. The van der Waals surface area contributed by atoms with Crippen LogP contribution in [0.25, 0.3) is 11.1 Å². The molecule has 28 heavy (non-hydrogen) atoms. The highest BCUT2D eigenvalue weighted by atomic mass is 32.1. The zero-order chi connectivity index (χ0) is 20.7. The van der Waals surface area contributed by atoms with E-state index in [9.17, 15) is 4.79 Å². The molecular formula is C18H19N3O6S. The molecule has 1 amide bonds. The summed E-state index contributed by atoms with van der Waals surface area (Å²) in [4.78, 5) is 37.6. The lowest BCUT2D eigenvalue weighted by atomic mass is 10.2. The number of furan rings is 1. The van der Waals surface area contributed by atoms with Gasteiger partial charge in [-0.3, -0.25) is 4.79 Å². The molecule has 3 aromatic rings. The van der Waals surface area contributed by atoms with Gasteiger partial charge in [0.15, 0.2) is 5.58 Å². The Morgan fingerprint density at radius 3 is 2.46 bits per heavy atom. The molecule has 0 bridgehead atoms. The lowest BCUT2D eigenvalue weighted by molar-refractivity contribution is -0.159. The molecule has 0 aliphatic heterocycles. The van der Waals surface area contributed by atoms with Crippen molar-refractivity contribution in [1.82, 2.24) is 9.88 Å². The van der Waals surface area contributed by atoms with Crippen LogP contribution in [-0.2, 0) is 16.0 Å². The zero-order valence-electron chi connectivity index (χ0n) is 15.2. The highest BCUT2D eigenvalue weighted by molar-refractivity contribution is 7.12. The van der Waals surface area contributed by atoms with Gasteiger partial charge in [-0.2, -0.15) is 0 Å². The summed E-state index contributed by atoms with van der Waals surface area (Å²) in [6.07, 6.45) is 2.60. The van der Waals surface area contributed by atoms with E-state index in [0.29, 0.717) is 10.7 Å². The van der Waals surface area contributed by atoms with Gasteiger partial charge < -0.3 is 24.8 Å². The van der Waals surface area contributed by atoms with Crippen LogP contribution in [0.5, 0.6) is 0 Å². The van der Waals surface area contributed by atoms with Crippen LogP contribution < -0.4 is 5.32 Å². The van der Waals surface area contributed by atoms with Gasteiger partial charge in [0, 0.05) is 12.1 Å². The molecule has 3 heterocycles. The number of hydrogen-bond acceptors (Lipinski definition) is 7. The smallest absolute Gasteiger partial charge is 0.414 e. The molecule has 0 radical (unpaired) electrons. The number of aromatic nitrogens is 1. The van der Waals surface area contributed by atoms with Gasteiger partial charge in [-0.25, -0.2) is 14.6 Å². The Morgan fingerprint density at radius 1 is 1.18 bits per heavy atom. The molecule has 0 atom stereocenters. The Bertz CT molecular complexity index is 953. The standard InChI is InChI=1S/C16H17N3O2S.C2H2O4/c1-19(2)8-7-11-10-21-12-5-6-14(17-15(11)12)18-16(20)13-4-3-9-22-13;3-1(4)2(5)6/h3-6,9-10H,7-8H2,1-2H3,(H,17,18,20);(H,3,4)(H,5,6). The van der Waals surface area contributed by atoms with Crippen molar-refractivity contribution >= 4 is 46.1 Å². The third kappa shape index (κ3) is 5.89. The van der Waals surface area contributed by atoms with Crippen molar-refractivity contribution in [3.8, 4) is 0 Å². The molecule has 0 fully saturated rings. The number of fused-ring (bicyclic) bond motifs is 1. The van der Waals surface area contributed by atoms with E-state index in [-0.39, 0.29) is 5.91 Å². The third-order valence-corrected chi connectivity index (χ3v) is 4.36. The molecule has 0 aromatic carbocycles. The van der Waals surface area contributed by atoms with Gasteiger partial charge in [-0.15, -0.1) is 11.3 Å². The number of likely N-dealkylation sites (N-methyl/N-ethyl adjacent to an activating group) is 1. The van der Waals surface area contributed by atoms with Crippen LogP contribution in [0.15, 0.2) is 40.3 Å². The molecule has 0 saturated carbocycles. The van der Waals surface area contributed by atoms with E-state index in [1.54, 1.807) is 18.4 Å². The summed E-state index contributed by atoms with van der Waals surface area (Å²) >= 11 is 1.41. The fraction of sp³-hybridized carbons (Fsp3) is 0.222. The number of hydrogen-bond donors (Lipinski definition) is 3. The monoisotopic (exact) mass is 405 g/mol. The van der Waals surface area contributed by atoms with Gasteiger partial charge in [-0.05, 0) is 44.1 Å². The Kier molecular flexibility index (Phi) is 7.24. The van der Waals surface area contributed by atoms with Crippen LogP contribution in [0.2, 0.25) is 0 Å². The SMILES string of the molecule is CN(C)CCc1coc2ccc(NC(=O)c3cccs3)nc12.O=C(O)C(=O)O. The largest absolute Gasteiger partial charge is 0.473 e. The first-order valence-corrected chi connectivity index (χ1v) is 8.99. The van der Waals surface area contributed by atoms with E-state index >= 15 is 0 Å². The summed E-state index contributed by atoms with van der Waals surface area (Å²) in [5.74, 6) is -3.25. The third-order valence-electron chi connectivity index (χ3n) is 3.49. The minimum absolute atomic E-state index is 0.139. The van der Waals surface area contributed by atoms with E-state index in [1.807, 2.05) is 31.6 Å². The maximum atomic E-state index is 12.1. The predicted octanol–water partition coefficient (Wildman–Crippen LogP) is 2.40. The van der Waals surface area contributed by atoms with Gasteiger partial charge in [0.1, 0.15) is 11.3 Å². The van der Waals surface area contributed by atoms with Crippen LogP contribution in [0.1, 0.15) is 15.2 Å². The van der Waals surface area contributed by atoms with Crippen LogP contribution >= 0.6 is 11.3 Å². The number of nitrogens with one attached hydrogen (secondary N) is 1. The van der Waals surface area contributed by atoms with E-state index in [4.69, 9.17) is 24.2 Å². The normalized spacial score (nSPS) is 10.4. The number of carboxylic acids is 2. The fourth-order valence-electron chi connectivity index (χ4n) is 2.14. The lowest BCUT2D eigenvalue weighted by Gasteiger charge is -2.07. The number of amides is 1. The number of carboxylic acid groups (broad SMARTS) is 2. The molecule has 0 unspecified atom stereocenters. The van der Waals surface area contributed by atoms with Gasteiger partial charge in [0.05, 0.1) is 11.1 Å². The number of nitrogens with zero attached hydrogens (tertiary/aromatic N) is 2. The quantitative estimate of drug-likeness (QED) is 0.551. The lowest BCUT2D eigenvalue weighted by Crippen LogP contribution is -2.15. The van der Waals surface area contributed by atoms with Gasteiger partial charge in [0.2, 0.25) is 0 Å². The van der Waals surface area contributed by atoms with Crippen LogP contribution in [-0.4, -0.2) is 58.6 Å². The molecule has 10 heteroatoms. The first-order chi connectivity index (χ1) is 13.3. The van der Waals surface area contributed by atoms with Gasteiger partial charge in [0.25, 0.3) is 5.91 Å². The van der Waals surface area contributed by atoms with Crippen molar-refractivity contribution in [2.24, 2.45) is 0 Å². The predicted molar refractivity (Wildman–Crippen MR) is 104 cm³/mol. The van der Waals surface area contributed by atoms with Crippen LogP contribution in [0, 0.1) is 0 Å². The summed E-state index contributed by atoms with van der Waals surface area (Å²) in [6, 6.07) is 7.24. The van der Waals surface area contributed by atoms with Crippen molar-refractivity contribution in [1.29, 1.82) is 0 Å². The van der Waals surface area contributed by atoms with E-state index < -0.39 is 11.9 Å². The zero-order valence-corrected chi connectivity index (χ0v) is 16.0. The van der Waals surface area contributed by atoms with Crippen molar-refractivity contribution < 1.29 is 29.0 Å². The van der Waals surface area contributed by atoms with Crippen LogP contribution in [0.4, 0.5) is 5.82 Å². The minimum Gasteiger partial charge on any atom is -0.473 e. The molecular weight excluding hydrogens is 386 g/mol. The highest BCUT2D eigenvalue weighted by Crippen LogP contribution is 2.22. The molecule has 0 saturated heterocycles.